The van der Waals surface area contributed by atoms with E-state index in [-0.39, 0.29) is 17.4 Å². The highest BCUT2D eigenvalue weighted by molar-refractivity contribution is 7.89. The Labute approximate surface area is 125 Å². The molecule has 114 valence electrons. The van der Waals surface area contributed by atoms with E-state index in [2.05, 4.69) is 11.8 Å². The van der Waals surface area contributed by atoms with Gasteiger partial charge in [-0.3, -0.25) is 0 Å². The Morgan fingerprint density at radius 3 is 2.81 bits per heavy atom. The molecule has 1 aliphatic heterocycles. The first-order valence-electron chi connectivity index (χ1n) is 6.93. The van der Waals surface area contributed by atoms with Crippen molar-refractivity contribution in [3.05, 3.63) is 29.8 Å². The van der Waals surface area contributed by atoms with Crippen LogP contribution in [0.15, 0.2) is 29.2 Å². The number of nitrogens with zero attached hydrogens (tertiary/aromatic N) is 1. The topological polar surface area (TPSA) is 83.6 Å². The van der Waals surface area contributed by atoms with Gasteiger partial charge in [0.1, 0.15) is 0 Å². The van der Waals surface area contributed by atoms with Gasteiger partial charge in [-0.25, -0.2) is 8.42 Å². The van der Waals surface area contributed by atoms with E-state index in [1.165, 1.54) is 4.31 Å². The molecule has 1 saturated heterocycles. The van der Waals surface area contributed by atoms with Gasteiger partial charge >= 0.3 is 0 Å². The first-order chi connectivity index (χ1) is 9.96. The maximum atomic E-state index is 12.8. The van der Waals surface area contributed by atoms with Gasteiger partial charge in [0.15, 0.2) is 0 Å². The SMILES string of the molecule is CC1CN(S(=O)(=O)c2ccccc2C#CCN)CCC1O. The fourth-order valence-corrected chi connectivity index (χ4v) is 4.10. The molecular weight excluding hydrogens is 288 g/mol. The van der Waals surface area contributed by atoms with Crippen molar-refractivity contribution in [3.8, 4) is 11.8 Å². The average molecular weight is 308 g/mol. The summed E-state index contributed by atoms with van der Waals surface area (Å²) in [4.78, 5) is 0.203. The maximum Gasteiger partial charge on any atom is 0.244 e. The summed E-state index contributed by atoms with van der Waals surface area (Å²) in [5.74, 6) is 5.43. The molecule has 0 spiro atoms. The molecule has 6 heteroatoms. The lowest BCUT2D eigenvalue weighted by Gasteiger charge is -2.33. The first kappa shape index (κ1) is 16.0. The fourth-order valence-electron chi connectivity index (χ4n) is 2.39. The zero-order valence-corrected chi connectivity index (χ0v) is 12.8. The summed E-state index contributed by atoms with van der Waals surface area (Å²) in [7, 11) is -3.60. The van der Waals surface area contributed by atoms with Crippen LogP contribution in [0.1, 0.15) is 18.9 Å². The van der Waals surface area contributed by atoms with Crippen molar-refractivity contribution in [3.63, 3.8) is 0 Å². The summed E-state index contributed by atoms with van der Waals surface area (Å²) in [5.41, 5.74) is 5.81. The number of hydrogen-bond donors (Lipinski definition) is 2. The van der Waals surface area contributed by atoms with E-state index < -0.39 is 16.1 Å². The number of hydrogen-bond acceptors (Lipinski definition) is 4. The third-order valence-corrected chi connectivity index (χ3v) is 5.58. The van der Waals surface area contributed by atoms with Gasteiger partial charge in [0.25, 0.3) is 0 Å². The van der Waals surface area contributed by atoms with Crippen LogP contribution in [0.5, 0.6) is 0 Å². The van der Waals surface area contributed by atoms with Crippen LogP contribution >= 0.6 is 0 Å². The summed E-state index contributed by atoms with van der Waals surface area (Å²) < 4.78 is 27.0. The Morgan fingerprint density at radius 1 is 1.43 bits per heavy atom. The van der Waals surface area contributed by atoms with E-state index in [1.54, 1.807) is 24.3 Å². The number of benzene rings is 1. The summed E-state index contributed by atoms with van der Waals surface area (Å²) in [6.07, 6.45) is 0.0144. The van der Waals surface area contributed by atoms with E-state index in [1.807, 2.05) is 6.92 Å². The summed E-state index contributed by atoms with van der Waals surface area (Å²) >= 11 is 0. The van der Waals surface area contributed by atoms with E-state index in [9.17, 15) is 13.5 Å². The normalized spacial score (nSPS) is 23.4. The Balaban J connectivity index is 2.36. The predicted molar refractivity (Wildman–Crippen MR) is 80.9 cm³/mol. The molecule has 0 aromatic heterocycles. The quantitative estimate of drug-likeness (QED) is 0.774. The van der Waals surface area contributed by atoms with Gasteiger partial charge in [0.05, 0.1) is 17.5 Å². The Hall–Kier alpha value is -1.39. The Morgan fingerprint density at radius 2 is 2.14 bits per heavy atom. The van der Waals surface area contributed by atoms with Gasteiger partial charge in [-0.15, -0.1) is 0 Å². The minimum atomic E-state index is -3.60. The summed E-state index contributed by atoms with van der Waals surface area (Å²) in [6, 6.07) is 6.67. The predicted octanol–water partition coefficient (Wildman–Crippen LogP) is 0.388. The maximum absolute atomic E-state index is 12.8. The molecule has 1 heterocycles. The molecule has 3 N–H and O–H groups in total. The van der Waals surface area contributed by atoms with Crippen LogP contribution in [0.4, 0.5) is 0 Å². The standard InChI is InChI=1S/C15H20N2O3S/c1-12-11-17(10-8-14(12)18)21(19,20)15-7-3-2-5-13(15)6-4-9-16/h2-3,5,7,12,14,18H,8-11,16H2,1H3. The summed E-state index contributed by atoms with van der Waals surface area (Å²) in [6.45, 7) is 2.68. The molecule has 2 rings (SSSR count). The van der Waals surface area contributed by atoms with Crippen LogP contribution < -0.4 is 5.73 Å². The third kappa shape index (κ3) is 3.44. The second-order valence-corrected chi connectivity index (χ2v) is 7.10. The molecule has 2 atom stereocenters. The Kier molecular flexibility index (Phi) is 5.01. The highest BCUT2D eigenvalue weighted by Gasteiger charge is 2.33. The molecule has 5 nitrogen and oxygen atoms in total. The number of aliphatic hydroxyl groups is 1. The molecule has 1 aromatic carbocycles. The Bertz CT molecular complexity index is 661. The van der Waals surface area contributed by atoms with Crippen molar-refractivity contribution in [2.75, 3.05) is 19.6 Å². The van der Waals surface area contributed by atoms with Crippen molar-refractivity contribution >= 4 is 10.0 Å². The van der Waals surface area contributed by atoms with Gasteiger partial charge in [0.2, 0.25) is 10.0 Å². The molecule has 21 heavy (non-hydrogen) atoms. The lowest BCUT2D eigenvalue weighted by Crippen LogP contribution is -2.45. The van der Waals surface area contributed by atoms with Gasteiger partial charge in [-0.1, -0.05) is 30.9 Å². The van der Waals surface area contributed by atoms with Crippen molar-refractivity contribution in [1.29, 1.82) is 0 Å². The van der Waals surface area contributed by atoms with E-state index >= 15 is 0 Å². The van der Waals surface area contributed by atoms with Crippen molar-refractivity contribution in [2.45, 2.75) is 24.3 Å². The molecule has 0 radical (unpaired) electrons. The van der Waals surface area contributed by atoms with Gasteiger partial charge in [-0.2, -0.15) is 4.31 Å². The largest absolute Gasteiger partial charge is 0.393 e. The molecule has 1 fully saturated rings. The van der Waals surface area contributed by atoms with Crippen LogP contribution in [-0.2, 0) is 10.0 Å². The molecule has 2 unspecified atom stereocenters. The zero-order chi connectivity index (χ0) is 15.5. The van der Waals surface area contributed by atoms with Crippen molar-refractivity contribution in [2.24, 2.45) is 11.7 Å². The zero-order valence-electron chi connectivity index (χ0n) is 12.0. The molecule has 1 aromatic rings. The van der Waals surface area contributed by atoms with E-state index in [0.29, 0.717) is 25.1 Å². The molecule has 0 bridgehead atoms. The van der Waals surface area contributed by atoms with Crippen LogP contribution in [0.3, 0.4) is 0 Å². The van der Waals surface area contributed by atoms with E-state index in [4.69, 9.17) is 5.73 Å². The second kappa shape index (κ2) is 6.58. The number of rotatable bonds is 2. The number of sulfonamides is 1. The fraction of sp³-hybridized carbons (Fsp3) is 0.467. The number of nitrogens with two attached hydrogens (primary N) is 1. The lowest BCUT2D eigenvalue weighted by atomic mass is 9.99. The van der Waals surface area contributed by atoms with Crippen molar-refractivity contribution in [1.82, 2.24) is 4.31 Å². The van der Waals surface area contributed by atoms with Crippen LogP contribution in [0.25, 0.3) is 0 Å². The highest BCUT2D eigenvalue weighted by Crippen LogP contribution is 2.25. The van der Waals surface area contributed by atoms with E-state index in [0.717, 1.165) is 0 Å². The smallest absolute Gasteiger partial charge is 0.244 e. The van der Waals surface area contributed by atoms with Gasteiger partial charge < -0.3 is 10.8 Å². The van der Waals surface area contributed by atoms with Gasteiger partial charge in [0, 0.05) is 18.7 Å². The molecule has 0 amide bonds. The third-order valence-electron chi connectivity index (χ3n) is 3.65. The lowest BCUT2D eigenvalue weighted by molar-refractivity contribution is 0.0628. The van der Waals surface area contributed by atoms with Crippen LogP contribution in [0.2, 0.25) is 0 Å². The number of piperidine rings is 1. The summed E-state index contributed by atoms with van der Waals surface area (Å²) in [5, 5.41) is 9.74. The molecular formula is C15H20N2O3S. The minimum absolute atomic E-state index is 0.0733. The first-order valence-corrected chi connectivity index (χ1v) is 8.37. The van der Waals surface area contributed by atoms with Gasteiger partial charge in [-0.05, 0) is 24.5 Å². The second-order valence-electron chi connectivity index (χ2n) is 5.20. The monoisotopic (exact) mass is 308 g/mol. The highest BCUT2D eigenvalue weighted by atomic mass is 32.2. The van der Waals surface area contributed by atoms with Crippen LogP contribution in [-0.4, -0.2) is 43.6 Å². The number of aliphatic hydroxyl groups excluding tert-OH is 1. The average Bonchev–Trinajstić information content (AvgIpc) is 2.48. The minimum Gasteiger partial charge on any atom is -0.393 e. The van der Waals surface area contributed by atoms with Crippen molar-refractivity contribution < 1.29 is 13.5 Å². The molecule has 0 saturated carbocycles. The molecule has 1 aliphatic rings. The molecule has 0 aliphatic carbocycles. The van der Waals surface area contributed by atoms with Crippen LogP contribution in [0, 0.1) is 17.8 Å².